The van der Waals surface area contributed by atoms with E-state index in [0.717, 1.165) is 4.90 Å². The number of ether oxygens (including phenoxy) is 2. The van der Waals surface area contributed by atoms with Gasteiger partial charge in [-0.25, -0.2) is 0 Å². The number of nitrogens with zero attached hydrogens (tertiary/aromatic N) is 2. The van der Waals surface area contributed by atoms with Gasteiger partial charge in [0.2, 0.25) is 5.41 Å². The maximum Gasteiger partial charge on any atom is 0.417 e. The number of hydrogen-bond acceptors (Lipinski definition) is 7. The number of aromatic nitrogens is 1. The summed E-state index contributed by atoms with van der Waals surface area (Å²) in [6, 6.07) is 6.57. The van der Waals surface area contributed by atoms with Gasteiger partial charge in [0, 0.05) is 12.7 Å². The van der Waals surface area contributed by atoms with Crippen molar-refractivity contribution in [2.75, 3.05) is 19.8 Å². The fraction of sp³-hybridized carbons (Fsp3) is 0.348. The SMILES string of the molecule is CCOC(=O)C(CCN1C(=O)c2ccccc2C1=O)(C(=O)OCC)c1ncc(C(F)(F)F)cc1Cl. The highest BCUT2D eigenvalue weighted by molar-refractivity contribution is 6.32. The van der Waals surface area contributed by atoms with Gasteiger partial charge in [0.25, 0.3) is 11.8 Å². The molecule has 0 unspecified atom stereocenters. The molecular weight excluding hydrogens is 493 g/mol. The van der Waals surface area contributed by atoms with Crippen molar-refractivity contribution in [2.45, 2.75) is 31.9 Å². The molecule has 1 aromatic carbocycles. The molecule has 3 rings (SSSR count). The fourth-order valence-corrected chi connectivity index (χ4v) is 4.06. The lowest BCUT2D eigenvalue weighted by Gasteiger charge is -2.30. The maximum absolute atomic E-state index is 13.2. The van der Waals surface area contributed by atoms with Crippen molar-refractivity contribution in [2.24, 2.45) is 0 Å². The molecule has 2 heterocycles. The Balaban J connectivity index is 2.10. The number of alkyl halides is 3. The van der Waals surface area contributed by atoms with Crippen molar-refractivity contribution < 1.29 is 41.8 Å². The van der Waals surface area contributed by atoms with Crippen LogP contribution in [0.1, 0.15) is 52.2 Å². The molecule has 0 N–H and O–H groups in total. The smallest absolute Gasteiger partial charge is 0.417 e. The Morgan fingerprint density at radius 3 is 1.94 bits per heavy atom. The molecule has 0 saturated heterocycles. The van der Waals surface area contributed by atoms with Crippen LogP contribution in [0.4, 0.5) is 13.2 Å². The van der Waals surface area contributed by atoms with E-state index in [2.05, 4.69) is 4.98 Å². The van der Waals surface area contributed by atoms with E-state index in [1.165, 1.54) is 26.0 Å². The lowest BCUT2D eigenvalue weighted by Crippen LogP contribution is -2.49. The number of benzene rings is 1. The van der Waals surface area contributed by atoms with E-state index in [1.54, 1.807) is 12.1 Å². The number of carbonyl (C=O) groups excluding carboxylic acids is 4. The molecule has 1 aromatic heterocycles. The summed E-state index contributed by atoms with van der Waals surface area (Å²) in [5, 5.41) is -0.636. The number of pyridine rings is 1. The topological polar surface area (TPSA) is 103 Å². The number of halogens is 4. The van der Waals surface area contributed by atoms with Crippen LogP contribution in [0.5, 0.6) is 0 Å². The average Bonchev–Trinajstić information content (AvgIpc) is 3.05. The minimum absolute atomic E-state index is 0.140. The summed E-state index contributed by atoms with van der Waals surface area (Å²) in [7, 11) is 0. The van der Waals surface area contributed by atoms with Crippen molar-refractivity contribution in [3.05, 3.63) is 63.9 Å². The molecule has 1 aliphatic rings. The van der Waals surface area contributed by atoms with Crippen LogP contribution in [0.15, 0.2) is 36.5 Å². The Morgan fingerprint density at radius 1 is 1.00 bits per heavy atom. The van der Waals surface area contributed by atoms with E-state index in [9.17, 15) is 32.3 Å². The first-order valence-electron chi connectivity index (χ1n) is 10.5. The van der Waals surface area contributed by atoms with Crippen LogP contribution < -0.4 is 0 Å². The van der Waals surface area contributed by atoms with Crippen molar-refractivity contribution in [3.63, 3.8) is 0 Å². The van der Waals surface area contributed by atoms with Gasteiger partial charge < -0.3 is 9.47 Å². The van der Waals surface area contributed by atoms with Gasteiger partial charge in [0.15, 0.2) is 0 Å². The molecule has 2 amide bonds. The van der Waals surface area contributed by atoms with Crippen molar-refractivity contribution in [1.82, 2.24) is 9.88 Å². The molecule has 2 aromatic rings. The van der Waals surface area contributed by atoms with Crippen LogP contribution in [0.2, 0.25) is 5.02 Å². The number of amides is 2. The highest BCUT2D eigenvalue weighted by atomic mass is 35.5. The van der Waals surface area contributed by atoms with Crippen molar-refractivity contribution >= 4 is 35.4 Å². The van der Waals surface area contributed by atoms with Gasteiger partial charge in [0.05, 0.1) is 40.6 Å². The third kappa shape index (κ3) is 4.72. The molecule has 0 atom stereocenters. The summed E-state index contributed by atoms with van der Waals surface area (Å²) >= 11 is 6.11. The van der Waals surface area contributed by atoms with Crippen LogP contribution >= 0.6 is 11.6 Å². The van der Waals surface area contributed by atoms with E-state index >= 15 is 0 Å². The zero-order valence-electron chi connectivity index (χ0n) is 18.6. The minimum Gasteiger partial charge on any atom is -0.465 e. The molecule has 186 valence electrons. The number of fused-ring (bicyclic) bond motifs is 1. The Hall–Kier alpha value is -3.47. The zero-order chi connectivity index (χ0) is 26.0. The molecule has 8 nitrogen and oxygen atoms in total. The molecule has 35 heavy (non-hydrogen) atoms. The van der Waals surface area contributed by atoms with Gasteiger partial charge in [0.1, 0.15) is 0 Å². The van der Waals surface area contributed by atoms with Gasteiger partial charge in [-0.3, -0.25) is 29.1 Å². The van der Waals surface area contributed by atoms with E-state index < -0.39 is 64.6 Å². The second-order valence-corrected chi connectivity index (χ2v) is 7.86. The number of rotatable bonds is 8. The molecular formula is C23H20ClF3N2O6. The summed E-state index contributed by atoms with van der Waals surface area (Å²) in [5.74, 6) is -3.69. The van der Waals surface area contributed by atoms with E-state index in [1.807, 2.05) is 0 Å². The second kappa shape index (κ2) is 10.0. The molecule has 0 radical (unpaired) electrons. The normalized spacial score (nSPS) is 13.6. The number of esters is 2. The predicted molar refractivity (Wildman–Crippen MR) is 116 cm³/mol. The second-order valence-electron chi connectivity index (χ2n) is 7.46. The van der Waals surface area contributed by atoms with Gasteiger partial charge in [-0.2, -0.15) is 13.2 Å². The molecule has 0 saturated carbocycles. The Bertz CT molecular complexity index is 1130. The fourth-order valence-electron chi connectivity index (χ4n) is 3.74. The van der Waals surface area contributed by atoms with Crippen LogP contribution in [-0.4, -0.2) is 53.4 Å². The van der Waals surface area contributed by atoms with Crippen LogP contribution in [-0.2, 0) is 30.7 Å². The lowest BCUT2D eigenvalue weighted by molar-refractivity contribution is -0.165. The first-order chi connectivity index (χ1) is 16.5. The molecule has 1 aliphatic heterocycles. The standard InChI is InChI=1S/C23H20ClF3N2O6/c1-3-34-20(32)22(21(33)35-4-2,17-16(24)11-13(12-28-17)23(25,26)27)9-10-29-18(30)14-7-5-6-8-15(14)19(29)31/h5-8,11-12H,3-4,9-10H2,1-2H3. The zero-order valence-corrected chi connectivity index (χ0v) is 19.4. The third-order valence-corrected chi connectivity index (χ3v) is 5.70. The van der Waals surface area contributed by atoms with Crippen molar-refractivity contribution in [3.8, 4) is 0 Å². The monoisotopic (exact) mass is 512 g/mol. The molecule has 12 heteroatoms. The summed E-state index contributed by atoms with van der Waals surface area (Å²) in [4.78, 5) is 56.4. The van der Waals surface area contributed by atoms with Gasteiger partial charge in [-0.15, -0.1) is 0 Å². The highest BCUT2D eigenvalue weighted by Gasteiger charge is 2.54. The van der Waals surface area contributed by atoms with Crippen LogP contribution in [0.25, 0.3) is 0 Å². The van der Waals surface area contributed by atoms with E-state index in [0.29, 0.717) is 12.3 Å². The summed E-state index contributed by atoms with van der Waals surface area (Å²) in [5.41, 5.74) is -3.90. The Labute approximate surface area is 203 Å². The molecule has 0 bridgehead atoms. The Kier molecular flexibility index (Phi) is 7.49. The first kappa shape index (κ1) is 26.1. The summed E-state index contributed by atoms with van der Waals surface area (Å²) < 4.78 is 49.6. The average molecular weight is 513 g/mol. The highest BCUT2D eigenvalue weighted by Crippen LogP contribution is 2.39. The van der Waals surface area contributed by atoms with E-state index in [4.69, 9.17) is 21.1 Å². The largest absolute Gasteiger partial charge is 0.465 e. The van der Waals surface area contributed by atoms with Crippen LogP contribution in [0, 0.1) is 0 Å². The summed E-state index contributed by atoms with van der Waals surface area (Å²) in [6.07, 6.45) is -4.95. The summed E-state index contributed by atoms with van der Waals surface area (Å²) in [6.45, 7) is 2.07. The van der Waals surface area contributed by atoms with Crippen molar-refractivity contribution in [1.29, 1.82) is 0 Å². The van der Waals surface area contributed by atoms with E-state index in [-0.39, 0.29) is 24.3 Å². The van der Waals surface area contributed by atoms with Crippen LogP contribution in [0.3, 0.4) is 0 Å². The Morgan fingerprint density at radius 2 is 1.51 bits per heavy atom. The van der Waals surface area contributed by atoms with Gasteiger partial charge in [-0.1, -0.05) is 23.7 Å². The lowest BCUT2D eigenvalue weighted by atomic mass is 9.80. The third-order valence-electron chi connectivity index (χ3n) is 5.41. The van der Waals surface area contributed by atoms with Gasteiger partial charge in [-0.05, 0) is 38.5 Å². The number of imide groups is 1. The van der Waals surface area contributed by atoms with Gasteiger partial charge >= 0.3 is 18.1 Å². The maximum atomic E-state index is 13.2. The minimum atomic E-state index is -4.79. The first-order valence-corrected chi connectivity index (χ1v) is 10.9. The number of carbonyl (C=O) groups is 4. The quantitative estimate of drug-likeness (QED) is 0.301. The molecule has 0 aliphatic carbocycles. The molecule has 0 fully saturated rings. The predicted octanol–water partition coefficient (Wildman–Crippen LogP) is 3.80. The number of hydrogen-bond donors (Lipinski definition) is 0. The molecule has 0 spiro atoms.